The fourth-order valence-electron chi connectivity index (χ4n) is 0.856. The van der Waals surface area contributed by atoms with E-state index in [2.05, 4.69) is 22.1 Å². The fourth-order valence-corrected chi connectivity index (χ4v) is 0.856. The second-order valence-electron chi connectivity index (χ2n) is 2.07. The molecule has 0 aliphatic carbocycles. The predicted molar refractivity (Wildman–Crippen MR) is 42.5 cm³/mol. The van der Waals surface area contributed by atoms with Gasteiger partial charge in [-0.3, -0.25) is 5.43 Å². The minimum atomic E-state index is 0.977. The number of anilines is 1. The van der Waals surface area contributed by atoms with Crippen molar-refractivity contribution < 1.29 is 0 Å². The molecule has 0 unspecified atom stereocenters. The number of rotatable bonds is 1. The van der Waals surface area contributed by atoms with Gasteiger partial charge in [0.1, 0.15) is 6.34 Å². The molecule has 0 spiro atoms. The third-order valence-corrected chi connectivity index (χ3v) is 1.35. The number of hydrazine groups is 2. The molecule has 2 rings (SSSR count). The summed E-state index contributed by atoms with van der Waals surface area (Å²) in [5, 5.41) is 5.61. The molecule has 1 aromatic carbocycles. The number of nitrogens with one attached hydrogen (secondary N) is 2. The van der Waals surface area contributed by atoms with Crippen LogP contribution >= 0.6 is 0 Å². The van der Waals surface area contributed by atoms with Crippen LogP contribution in [0, 0.1) is 6.07 Å². The van der Waals surface area contributed by atoms with E-state index in [4.69, 9.17) is 0 Å². The van der Waals surface area contributed by atoms with E-state index < -0.39 is 0 Å². The zero-order valence-corrected chi connectivity index (χ0v) is 5.78. The molecule has 1 aliphatic rings. The zero-order valence-electron chi connectivity index (χ0n) is 5.78. The van der Waals surface area contributed by atoms with E-state index in [9.17, 15) is 0 Å². The molecule has 1 aromatic rings. The summed E-state index contributed by atoms with van der Waals surface area (Å²) in [5.41, 5.74) is 6.54. The summed E-state index contributed by atoms with van der Waals surface area (Å²) in [6.07, 6.45) is 1.58. The standard InChI is InChI=1S/C7H7N4/c1-2-4-7(5-3-1)11-9-6-8-10-11/h2-6,10H,(H,8,9). The third-order valence-electron chi connectivity index (χ3n) is 1.35. The summed E-state index contributed by atoms with van der Waals surface area (Å²) < 4.78 is 0. The Hall–Kier alpha value is -1.55. The van der Waals surface area contributed by atoms with E-state index in [0.717, 1.165) is 5.69 Å². The fraction of sp³-hybridized carbons (Fsp3) is 0. The highest BCUT2D eigenvalue weighted by Crippen LogP contribution is 2.10. The molecule has 1 radical (unpaired) electrons. The van der Waals surface area contributed by atoms with Gasteiger partial charge in [-0.05, 0) is 18.2 Å². The van der Waals surface area contributed by atoms with Gasteiger partial charge in [-0.2, -0.15) is 5.12 Å². The molecule has 0 aromatic heterocycles. The van der Waals surface area contributed by atoms with Crippen LogP contribution in [-0.2, 0) is 0 Å². The maximum atomic E-state index is 3.98. The van der Waals surface area contributed by atoms with E-state index in [1.807, 2.05) is 24.3 Å². The molecule has 55 valence electrons. The predicted octanol–water partition coefficient (Wildman–Crippen LogP) is 0.259. The summed E-state index contributed by atoms with van der Waals surface area (Å²) in [5.74, 6) is 0. The van der Waals surface area contributed by atoms with Crippen LogP contribution in [0.25, 0.3) is 0 Å². The maximum Gasteiger partial charge on any atom is 0.126 e. The number of hydrogen-bond donors (Lipinski definition) is 2. The Morgan fingerprint density at radius 2 is 2.18 bits per heavy atom. The Balaban J connectivity index is 2.23. The van der Waals surface area contributed by atoms with Gasteiger partial charge < -0.3 is 0 Å². The van der Waals surface area contributed by atoms with Crippen molar-refractivity contribution >= 4 is 12.0 Å². The summed E-state index contributed by atoms with van der Waals surface area (Å²) in [6.45, 7) is 0. The first-order chi connectivity index (χ1) is 5.47. The summed E-state index contributed by atoms with van der Waals surface area (Å²) >= 11 is 0. The van der Waals surface area contributed by atoms with Crippen LogP contribution in [0.5, 0.6) is 0 Å². The van der Waals surface area contributed by atoms with Crippen molar-refractivity contribution in [3.05, 3.63) is 30.3 Å². The Morgan fingerprint density at radius 1 is 1.36 bits per heavy atom. The van der Waals surface area contributed by atoms with Crippen molar-refractivity contribution in [3.63, 3.8) is 0 Å². The van der Waals surface area contributed by atoms with Crippen LogP contribution in [0.4, 0.5) is 5.69 Å². The molecule has 0 saturated carbocycles. The van der Waals surface area contributed by atoms with Crippen molar-refractivity contribution in [2.24, 2.45) is 5.10 Å². The molecular weight excluding hydrogens is 140 g/mol. The molecule has 0 atom stereocenters. The molecule has 2 N–H and O–H groups in total. The van der Waals surface area contributed by atoms with Gasteiger partial charge in [0.25, 0.3) is 0 Å². The van der Waals surface area contributed by atoms with Gasteiger partial charge in [0.05, 0.1) is 5.69 Å². The first kappa shape index (κ1) is 6.18. The summed E-state index contributed by atoms with van der Waals surface area (Å²) in [4.78, 5) is 0. The van der Waals surface area contributed by atoms with Crippen molar-refractivity contribution in [2.75, 3.05) is 5.12 Å². The molecular formula is C7H7N4. The lowest BCUT2D eigenvalue weighted by molar-refractivity contribution is 0.666. The largest absolute Gasteiger partial charge is 0.291 e. The summed E-state index contributed by atoms with van der Waals surface area (Å²) in [6, 6.07) is 10.4. The van der Waals surface area contributed by atoms with Crippen LogP contribution in [0.15, 0.2) is 29.4 Å². The van der Waals surface area contributed by atoms with E-state index in [-0.39, 0.29) is 0 Å². The normalized spacial score (nSPS) is 15.1. The average molecular weight is 147 g/mol. The monoisotopic (exact) mass is 147 g/mol. The molecule has 0 amide bonds. The number of nitrogens with zero attached hydrogens (tertiary/aromatic N) is 2. The molecule has 4 heteroatoms. The molecule has 0 bridgehead atoms. The third kappa shape index (κ3) is 1.15. The molecule has 1 aliphatic heterocycles. The first-order valence-corrected chi connectivity index (χ1v) is 3.27. The average Bonchev–Trinajstić information content (AvgIpc) is 2.58. The molecule has 11 heavy (non-hydrogen) atoms. The van der Waals surface area contributed by atoms with Crippen LogP contribution < -0.4 is 16.1 Å². The van der Waals surface area contributed by atoms with Crippen molar-refractivity contribution in [1.29, 1.82) is 0 Å². The second kappa shape index (κ2) is 2.59. The Kier molecular flexibility index (Phi) is 1.46. The van der Waals surface area contributed by atoms with E-state index in [1.165, 1.54) is 0 Å². The number of hydrazone groups is 1. The summed E-state index contributed by atoms with van der Waals surface area (Å²) in [7, 11) is 0. The van der Waals surface area contributed by atoms with Gasteiger partial charge in [-0.1, -0.05) is 12.1 Å². The molecule has 0 saturated heterocycles. The topological polar surface area (TPSA) is 39.7 Å². The Morgan fingerprint density at radius 3 is 2.82 bits per heavy atom. The molecule has 0 fully saturated rings. The van der Waals surface area contributed by atoms with E-state index in [0.29, 0.717) is 0 Å². The van der Waals surface area contributed by atoms with E-state index >= 15 is 0 Å². The highest BCUT2D eigenvalue weighted by Gasteiger charge is 2.04. The van der Waals surface area contributed by atoms with Gasteiger partial charge in [-0.15, -0.1) is 10.6 Å². The highest BCUT2D eigenvalue weighted by atomic mass is 15.8. The molecule has 4 nitrogen and oxygen atoms in total. The number of benzene rings is 1. The first-order valence-electron chi connectivity index (χ1n) is 3.27. The second-order valence-corrected chi connectivity index (χ2v) is 2.07. The smallest absolute Gasteiger partial charge is 0.126 e. The zero-order chi connectivity index (χ0) is 7.52. The SMILES string of the molecule is [c]1ccc(N2N=CNN2)cc1. The molecule has 1 heterocycles. The Bertz CT molecular complexity index is 256. The van der Waals surface area contributed by atoms with Crippen LogP contribution in [-0.4, -0.2) is 6.34 Å². The lowest BCUT2D eigenvalue weighted by Crippen LogP contribution is -2.36. The van der Waals surface area contributed by atoms with Gasteiger partial charge in [0.2, 0.25) is 0 Å². The minimum absolute atomic E-state index is 0.977. The van der Waals surface area contributed by atoms with Crippen LogP contribution in [0.3, 0.4) is 0 Å². The quantitative estimate of drug-likeness (QED) is 0.598. The van der Waals surface area contributed by atoms with Crippen LogP contribution in [0.1, 0.15) is 0 Å². The Labute approximate surface area is 64.5 Å². The van der Waals surface area contributed by atoms with Crippen molar-refractivity contribution in [2.45, 2.75) is 0 Å². The lowest BCUT2D eigenvalue weighted by Gasteiger charge is -2.11. The van der Waals surface area contributed by atoms with Crippen molar-refractivity contribution in [3.8, 4) is 0 Å². The van der Waals surface area contributed by atoms with Crippen molar-refractivity contribution in [1.82, 2.24) is 11.0 Å². The minimum Gasteiger partial charge on any atom is -0.291 e. The van der Waals surface area contributed by atoms with E-state index in [1.54, 1.807) is 11.5 Å². The van der Waals surface area contributed by atoms with Gasteiger partial charge in [-0.25, -0.2) is 0 Å². The van der Waals surface area contributed by atoms with Gasteiger partial charge >= 0.3 is 0 Å². The van der Waals surface area contributed by atoms with Gasteiger partial charge in [0, 0.05) is 0 Å². The lowest BCUT2D eigenvalue weighted by atomic mass is 10.3. The van der Waals surface area contributed by atoms with Gasteiger partial charge in [0.15, 0.2) is 0 Å². The highest BCUT2D eigenvalue weighted by molar-refractivity contribution is 5.60. The number of hydrogen-bond acceptors (Lipinski definition) is 4. The maximum absolute atomic E-state index is 3.98. The van der Waals surface area contributed by atoms with Crippen LogP contribution in [0.2, 0.25) is 0 Å².